The number of benzene rings is 2. The monoisotopic (exact) mass is 453 g/mol. The molecule has 2 aromatic rings. The van der Waals surface area contributed by atoms with E-state index >= 15 is 0 Å². The van der Waals surface area contributed by atoms with E-state index < -0.39 is 5.25 Å². The van der Waals surface area contributed by atoms with Gasteiger partial charge < -0.3 is 25.0 Å². The molecular weight excluding hydrogens is 430 g/mol. The van der Waals surface area contributed by atoms with Crippen molar-refractivity contribution < 1.29 is 23.9 Å². The molecule has 1 fully saturated rings. The molecule has 9 heteroatoms. The molecule has 3 heterocycles. The van der Waals surface area contributed by atoms with Gasteiger partial charge in [-0.3, -0.25) is 14.4 Å². The molecule has 3 aliphatic heterocycles. The van der Waals surface area contributed by atoms with Crippen molar-refractivity contribution in [2.24, 2.45) is 5.92 Å². The first-order valence-corrected chi connectivity index (χ1v) is 11.5. The van der Waals surface area contributed by atoms with E-state index in [0.29, 0.717) is 43.1 Å². The van der Waals surface area contributed by atoms with Crippen LogP contribution in [0.1, 0.15) is 19.3 Å². The van der Waals surface area contributed by atoms with Gasteiger partial charge in [0.2, 0.25) is 24.5 Å². The molecule has 3 amide bonds. The van der Waals surface area contributed by atoms with Crippen molar-refractivity contribution >= 4 is 40.9 Å². The first-order chi connectivity index (χ1) is 15.6. The van der Waals surface area contributed by atoms with Crippen LogP contribution in [0.15, 0.2) is 47.4 Å². The van der Waals surface area contributed by atoms with Crippen molar-refractivity contribution in [2.75, 3.05) is 30.5 Å². The molecule has 1 unspecified atom stereocenters. The summed E-state index contributed by atoms with van der Waals surface area (Å²) in [4.78, 5) is 40.6. The van der Waals surface area contributed by atoms with Crippen molar-refractivity contribution in [3.05, 3.63) is 42.5 Å². The van der Waals surface area contributed by atoms with E-state index in [4.69, 9.17) is 9.47 Å². The number of nitrogens with zero attached hydrogens (tertiary/aromatic N) is 1. The third-order valence-electron chi connectivity index (χ3n) is 5.93. The number of para-hydroxylation sites is 1. The molecule has 166 valence electrons. The number of amides is 3. The number of ether oxygens (including phenoxy) is 2. The van der Waals surface area contributed by atoms with E-state index in [1.165, 1.54) is 11.8 Å². The molecule has 0 radical (unpaired) electrons. The largest absolute Gasteiger partial charge is 0.454 e. The van der Waals surface area contributed by atoms with Crippen LogP contribution in [0.4, 0.5) is 11.4 Å². The molecule has 0 aromatic heterocycles. The van der Waals surface area contributed by atoms with Crippen LogP contribution in [0.25, 0.3) is 0 Å². The Kier molecular flexibility index (Phi) is 5.65. The molecule has 0 bridgehead atoms. The number of carbonyl (C=O) groups excluding carboxylic acids is 3. The molecule has 1 atom stereocenters. The molecule has 0 saturated carbocycles. The molecule has 1 saturated heterocycles. The zero-order chi connectivity index (χ0) is 22.1. The third-order valence-corrected chi connectivity index (χ3v) is 7.20. The summed E-state index contributed by atoms with van der Waals surface area (Å²) in [6, 6.07) is 12.9. The van der Waals surface area contributed by atoms with Crippen LogP contribution in [-0.2, 0) is 14.4 Å². The number of thioether (sulfide) groups is 1. The fourth-order valence-electron chi connectivity index (χ4n) is 4.12. The highest BCUT2D eigenvalue weighted by Crippen LogP contribution is 2.37. The summed E-state index contributed by atoms with van der Waals surface area (Å²) in [5, 5.41) is 5.37. The Bertz CT molecular complexity index is 1070. The van der Waals surface area contributed by atoms with Crippen LogP contribution in [0.5, 0.6) is 11.5 Å². The maximum Gasteiger partial charge on any atom is 0.238 e. The minimum atomic E-state index is -0.440. The number of piperidine rings is 1. The predicted molar refractivity (Wildman–Crippen MR) is 120 cm³/mol. The van der Waals surface area contributed by atoms with E-state index in [9.17, 15) is 14.4 Å². The lowest BCUT2D eigenvalue weighted by atomic mass is 9.95. The Morgan fingerprint density at radius 2 is 1.88 bits per heavy atom. The minimum absolute atomic E-state index is 0.0494. The number of hydrogen-bond acceptors (Lipinski definition) is 6. The molecular formula is C23H23N3O5S. The Balaban J connectivity index is 1.12. The highest BCUT2D eigenvalue weighted by atomic mass is 32.2. The number of rotatable bonds is 4. The molecule has 2 N–H and O–H groups in total. The minimum Gasteiger partial charge on any atom is -0.454 e. The summed E-state index contributed by atoms with van der Waals surface area (Å²) in [5.74, 6) is 0.878. The maximum absolute atomic E-state index is 12.8. The Morgan fingerprint density at radius 3 is 2.72 bits per heavy atom. The fraction of sp³-hybridized carbons (Fsp3) is 0.348. The molecule has 32 heavy (non-hydrogen) atoms. The standard InChI is InChI=1S/C23H23N3O5S/c27-21(12-20-23(29)25-16-3-1-2-4-19(16)32-20)26-9-7-14(8-10-26)22(28)24-15-5-6-17-18(11-15)31-13-30-17/h1-6,11,14,20H,7-10,12-13H2,(H,24,28)(H,25,29). The highest BCUT2D eigenvalue weighted by Gasteiger charge is 2.33. The van der Waals surface area contributed by atoms with Gasteiger partial charge in [0.25, 0.3) is 0 Å². The summed E-state index contributed by atoms with van der Waals surface area (Å²) >= 11 is 1.43. The van der Waals surface area contributed by atoms with E-state index in [1.54, 1.807) is 23.1 Å². The molecule has 8 nitrogen and oxygen atoms in total. The summed E-state index contributed by atoms with van der Waals surface area (Å²) in [5.41, 5.74) is 1.46. The van der Waals surface area contributed by atoms with Crippen molar-refractivity contribution in [3.8, 4) is 11.5 Å². The van der Waals surface area contributed by atoms with Crippen LogP contribution >= 0.6 is 11.8 Å². The van der Waals surface area contributed by atoms with E-state index in [-0.39, 0.29) is 36.9 Å². The normalized spacial score (nSPS) is 19.8. The van der Waals surface area contributed by atoms with E-state index in [1.807, 2.05) is 24.3 Å². The van der Waals surface area contributed by atoms with Gasteiger partial charge in [-0.1, -0.05) is 12.1 Å². The molecule has 0 spiro atoms. The lowest BCUT2D eigenvalue weighted by Gasteiger charge is -2.32. The molecule has 2 aromatic carbocycles. The maximum atomic E-state index is 12.8. The number of likely N-dealkylation sites (tertiary alicyclic amines) is 1. The van der Waals surface area contributed by atoms with Gasteiger partial charge in [-0.05, 0) is 37.1 Å². The van der Waals surface area contributed by atoms with Gasteiger partial charge in [0.15, 0.2) is 11.5 Å². The van der Waals surface area contributed by atoms with Gasteiger partial charge in [0.1, 0.15) is 0 Å². The van der Waals surface area contributed by atoms with Crippen molar-refractivity contribution in [1.29, 1.82) is 0 Å². The Hall–Kier alpha value is -3.20. The highest BCUT2D eigenvalue weighted by molar-refractivity contribution is 8.01. The number of anilines is 2. The average molecular weight is 454 g/mol. The quantitative estimate of drug-likeness (QED) is 0.739. The van der Waals surface area contributed by atoms with Gasteiger partial charge in [-0.15, -0.1) is 11.8 Å². The topological polar surface area (TPSA) is 97.0 Å². The number of nitrogens with one attached hydrogen (secondary N) is 2. The van der Waals surface area contributed by atoms with Crippen molar-refractivity contribution in [2.45, 2.75) is 29.4 Å². The number of fused-ring (bicyclic) bond motifs is 2. The van der Waals surface area contributed by atoms with Crippen LogP contribution in [-0.4, -0.2) is 47.8 Å². The Labute approximate surface area is 189 Å². The van der Waals surface area contributed by atoms with Gasteiger partial charge in [-0.2, -0.15) is 0 Å². The van der Waals surface area contributed by atoms with Crippen molar-refractivity contribution in [1.82, 2.24) is 4.90 Å². The van der Waals surface area contributed by atoms with Crippen LogP contribution < -0.4 is 20.1 Å². The van der Waals surface area contributed by atoms with Gasteiger partial charge in [0.05, 0.1) is 10.9 Å². The molecule has 3 aliphatic rings. The predicted octanol–water partition coefficient (Wildman–Crippen LogP) is 3.10. The summed E-state index contributed by atoms with van der Waals surface area (Å²) in [6.45, 7) is 1.20. The average Bonchev–Trinajstić information content (AvgIpc) is 3.27. The zero-order valence-electron chi connectivity index (χ0n) is 17.3. The summed E-state index contributed by atoms with van der Waals surface area (Å²) in [6.07, 6.45) is 1.34. The zero-order valence-corrected chi connectivity index (χ0v) is 18.2. The summed E-state index contributed by atoms with van der Waals surface area (Å²) < 4.78 is 10.6. The van der Waals surface area contributed by atoms with Gasteiger partial charge in [0, 0.05) is 42.1 Å². The molecule has 5 rings (SSSR count). The second-order valence-corrected chi connectivity index (χ2v) is 9.25. The van der Waals surface area contributed by atoms with Crippen LogP contribution in [0.3, 0.4) is 0 Å². The number of hydrogen-bond donors (Lipinski definition) is 2. The summed E-state index contributed by atoms with van der Waals surface area (Å²) in [7, 11) is 0. The van der Waals surface area contributed by atoms with Gasteiger partial charge >= 0.3 is 0 Å². The first kappa shape index (κ1) is 20.7. The Morgan fingerprint density at radius 1 is 1.09 bits per heavy atom. The fourth-order valence-corrected chi connectivity index (χ4v) is 5.23. The first-order valence-electron chi connectivity index (χ1n) is 10.6. The number of carbonyl (C=O) groups is 3. The van der Waals surface area contributed by atoms with E-state index in [0.717, 1.165) is 10.6 Å². The van der Waals surface area contributed by atoms with Crippen LogP contribution in [0, 0.1) is 5.92 Å². The molecule has 0 aliphatic carbocycles. The second kappa shape index (κ2) is 8.74. The van der Waals surface area contributed by atoms with Gasteiger partial charge in [-0.25, -0.2) is 0 Å². The van der Waals surface area contributed by atoms with E-state index in [2.05, 4.69) is 10.6 Å². The lowest BCUT2D eigenvalue weighted by Crippen LogP contribution is -2.43. The second-order valence-electron chi connectivity index (χ2n) is 8.01. The van der Waals surface area contributed by atoms with Crippen molar-refractivity contribution in [3.63, 3.8) is 0 Å². The third kappa shape index (κ3) is 4.25. The SMILES string of the molecule is O=C(Nc1ccc2c(c1)OCO2)C1CCN(C(=O)CC2Sc3ccccc3NC2=O)CC1. The lowest BCUT2D eigenvalue weighted by molar-refractivity contribution is -0.135. The smallest absolute Gasteiger partial charge is 0.238 e. The van der Waals surface area contributed by atoms with Crippen LogP contribution in [0.2, 0.25) is 0 Å².